The van der Waals surface area contributed by atoms with Crippen molar-refractivity contribution in [1.82, 2.24) is 15.8 Å². The maximum atomic E-state index is 13.2. The number of hydrazine groups is 1. The third-order valence-electron chi connectivity index (χ3n) is 2.40. The number of rotatable bonds is 4. The van der Waals surface area contributed by atoms with Crippen molar-refractivity contribution in [2.45, 2.75) is 0 Å². The number of hydrogen-bond donors (Lipinski definition) is 3. The molecule has 2 rings (SSSR count). The van der Waals surface area contributed by atoms with Gasteiger partial charge in [0.2, 0.25) is 0 Å². The van der Waals surface area contributed by atoms with Gasteiger partial charge in [0.25, 0.3) is 11.8 Å². The highest BCUT2D eigenvalue weighted by Crippen LogP contribution is 2.14. The molecule has 1 aromatic heterocycles. The number of H-pyrrole nitrogens is 1. The molecule has 0 atom stereocenters. The largest absolute Gasteiger partial charge is 0.481 e. The van der Waals surface area contributed by atoms with Crippen molar-refractivity contribution in [2.75, 3.05) is 6.61 Å². The van der Waals surface area contributed by atoms with Gasteiger partial charge in [0.1, 0.15) is 5.69 Å². The average molecular weight is 356 g/mol. The first-order valence-electron chi connectivity index (χ1n) is 5.86. The summed E-state index contributed by atoms with van der Waals surface area (Å²) in [6.07, 6.45) is 1.58. The number of ether oxygens (including phenoxy) is 1. The molecule has 8 heteroatoms. The minimum absolute atomic E-state index is 0.0349. The number of aromatic amines is 1. The van der Waals surface area contributed by atoms with E-state index in [1.165, 1.54) is 18.2 Å². The molecule has 0 radical (unpaired) electrons. The summed E-state index contributed by atoms with van der Waals surface area (Å²) in [6, 6.07) is 7.27. The Morgan fingerprint density at radius 3 is 2.71 bits per heavy atom. The van der Waals surface area contributed by atoms with Gasteiger partial charge in [0, 0.05) is 10.7 Å². The van der Waals surface area contributed by atoms with Crippen LogP contribution in [0.5, 0.6) is 5.75 Å². The Kier molecular flexibility index (Phi) is 4.94. The summed E-state index contributed by atoms with van der Waals surface area (Å²) in [5, 5.41) is 0. The van der Waals surface area contributed by atoms with Crippen molar-refractivity contribution >= 4 is 27.7 Å². The molecular formula is C13H11BrFN3O3. The van der Waals surface area contributed by atoms with Crippen LogP contribution in [0.4, 0.5) is 4.39 Å². The van der Waals surface area contributed by atoms with Gasteiger partial charge < -0.3 is 9.72 Å². The first kappa shape index (κ1) is 15.0. The molecular weight excluding hydrogens is 345 g/mol. The Labute approximate surface area is 127 Å². The zero-order valence-electron chi connectivity index (χ0n) is 10.7. The highest BCUT2D eigenvalue weighted by Gasteiger charge is 2.10. The second-order valence-corrected chi connectivity index (χ2v) is 4.87. The van der Waals surface area contributed by atoms with Gasteiger partial charge in [-0.2, -0.15) is 0 Å². The second-order valence-electron chi connectivity index (χ2n) is 3.95. The van der Waals surface area contributed by atoms with Gasteiger partial charge in [0.05, 0.1) is 0 Å². The summed E-state index contributed by atoms with van der Waals surface area (Å²) >= 11 is 3.18. The fourth-order valence-corrected chi connectivity index (χ4v) is 1.78. The van der Waals surface area contributed by atoms with Crippen LogP contribution < -0.4 is 15.6 Å². The van der Waals surface area contributed by atoms with E-state index >= 15 is 0 Å². The molecule has 0 aliphatic carbocycles. The van der Waals surface area contributed by atoms with Crippen molar-refractivity contribution in [3.8, 4) is 5.75 Å². The first-order chi connectivity index (χ1) is 10.1. The molecule has 0 aliphatic rings. The van der Waals surface area contributed by atoms with Crippen molar-refractivity contribution in [1.29, 1.82) is 0 Å². The predicted octanol–water partition coefficient (Wildman–Crippen LogP) is 1.76. The zero-order chi connectivity index (χ0) is 15.2. The molecule has 3 N–H and O–H groups in total. The van der Waals surface area contributed by atoms with E-state index in [9.17, 15) is 14.0 Å². The van der Waals surface area contributed by atoms with Crippen molar-refractivity contribution in [2.24, 2.45) is 0 Å². The molecule has 110 valence electrons. The number of halogens is 2. The van der Waals surface area contributed by atoms with Crippen molar-refractivity contribution in [3.05, 3.63) is 52.5 Å². The third kappa shape index (κ3) is 4.32. The number of nitrogens with one attached hydrogen (secondary N) is 3. The van der Waals surface area contributed by atoms with Gasteiger partial charge in [-0.3, -0.25) is 20.4 Å². The lowest BCUT2D eigenvalue weighted by molar-refractivity contribution is -0.123. The summed E-state index contributed by atoms with van der Waals surface area (Å²) in [6.45, 7) is -0.421. The fraction of sp³-hybridized carbons (Fsp3) is 0.0769. The van der Waals surface area contributed by atoms with E-state index in [2.05, 4.69) is 31.8 Å². The van der Waals surface area contributed by atoms with E-state index in [1.54, 1.807) is 18.3 Å². The fourth-order valence-electron chi connectivity index (χ4n) is 1.43. The number of aromatic nitrogens is 1. The maximum Gasteiger partial charge on any atom is 0.286 e. The average Bonchev–Trinajstić information content (AvgIpc) is 2.90. The molecule has 0 bridgehead atoms. The highest BCUT2D eigenvalue weighted by atomic mass is 79.9. The quantitative estimate of drug-likeness (QED) is 0.730. The lowest BCUT2D eigenvalue weighted by Crippen LogP contribution is -2.44. The Bertz CT molecular complexity index is 660. The van der Waals surface area contributed by atoms with Crippen LogP contribution in [0.25, 0.3) is 0 Å². The first-order valence-corrected chi connectivity index (χ1v) is 6.66. The van der Waals surface area contributed by atoms with E-state index in [0.29, 0.717) is 4.47 Å². The van der Waals surface area contributed by atoms with Crippen molar-refractivity contribution in [3.63, 3.8) is 0 Å². The van der Waals surface area contributed by atoms with E-state index in [0.717, 1.165) is 0 Å². The summed E-state index contributed by atoms with van der Waals surface area (Å²) in [7, 11) is 0. The van der Waals surface area contributed by atoms with Crippen molar-refractivity contribution < 1.29 is 18.7 Å². The molecule has 6 nitrogen and oxygen atoms in total. The van der Waals surface area contributed by atoms with Crippen LogP contribution in [0.15, 0.2) is 41.0 Å². The van der Waals surface area contributed by atoms with Gasteiger partial charge in [-0.15, -0.1) is 0 Å². The van der Waals surface area contributed by atoms with Gasteiger partial charge in [0.15, 0.2) is 18.2 Å². The number of carbonyl (C=O) groups is 2. The molecule has 0 unspecified atom stereocenters. The molecule has 1 aromatic carbocycles. The molecule has 2 aromatic rings. The molecule has 0 saturated carbocycles. The monoisotopic (exact) mass is 355 g/mol. The zero-order valence-corrected chi connectivity index (χ0v) is 12.2. The van der Waals surface area contributed by atoms with Gasteiger partial charge in [-0.1, -0.05) is 12.1 Å². The lowest BCUT2D eigenvalue weighted by Gasteiger charge is -2.08. The number of carbonyl (C=O) groups excluding carboxylic acids is 2. The summed E-state index contributed by atoms with van der Waals surface area (Å²) < 4.78 is 18.9. The van der Waals surface area contributed by atoms with Crippen LogP contribution >= 0.6 is 15.9 Å². The van der Waals surface area contributed by atoms with Crippen LogP contribution in [-0.2, 0) is 4.79 Å². The third-order valence-corrected chi connectivity index (χ3v) is 2.86. The summed E-state index contributed by atoms with van der Waals surface area (Å²) in [5.41, 5.74) is 4.63. The summed E-state index contributed by atoms with van der Waals surface area (Å²) in [4.78, 5) is 25.8. The highest BCUT2D eigenvalue weighted by molar-refractivity contribution is 9.10. The van der Waals surface area contributed by atoms with E-state index < -0.39 is 24.2 Å². The van der Waals surface area contributed by atoms with Gasteiger partial charge >= 0.3 is 0 Å². The number of hydrogen-bond acceptors (Lipinski definition) is 3. The molecule has 0 spiro atoms. The predicted molar refractivity (Wildman–Crippen MR) is 76.0 cm³/mol. The van der Waals surface area contributed by atoms with Crippen LogP contribution in [0.1, 0.15) is 10.5 Å². The maximum absolute atomic E-state index is 13.2. The van der Waals surface area contributed by atoms with Gasteiger partial charge in [-0.05, 0) is 34.1 Å². The SMILES string of the molecule is O=C(COc1ccccc1F)NNC(=O)c1cc(Br)c[nH]1. The Balaban J connectivity index is 1.78. The van der Waals surface area contributed by atoms with Crippen LogP contribution in [0, 0.1) is 5.82 Å². The standard InChI is InChI=1S/C13H11BrFN3O3/c14-8-5-10(16-6-8)13(20)18-17-12(19)7-21-11-4-2-1-3-9(11)15/h1-6,16H,7H2,(H,17,19)(H,18,20). The minimum atomic E-state index is -0.614. The van der Waals surface area contributed by atoms with Crippen LogP contribution in [0.2, 0.25) is 0 Å². The molecule has 21 heavy (non-hydrogen) atoms. The van der Waals surface area contributed by atoms with Crippen LogP contribution in [-0.4, -0.2) is 23.4 Å². The van der Waals surface area contributed by atoms with E-state index in [4.69, 9.17) is 4.74 Å². The smallest absolute Gasteiger partial charge is 0.286 e. The van der Waals surface area contributed by atoms with E-state index in [1.807, 2.05) is 0 Å². The molecule has 0 saturated heterocycles. The summed E-state index contributed by atoms with van der Waals surface area (Å²) in [5.74, 6) is -1.73. The van der Waals surface area contributed by atoms with Gasteiger partial charge in [-0.25, -0.2) is 4.39 Å². The topological polar surface area (TPSA) is 83.2 Å². The van der Waals surface area contributed by atoms with E-state index in [-0.39, 0.29) is 11.4 Å². The van der Waals surface area contributed by atoms with Crippen LogP contribution in [0.3, 0.4) is 0 Å². The number of benzene rings is 1. The molecule has 2 amide bonds. The molecule has 0 fully saturated rings. The Morgan fingerprint density at radius 1 is 1.29 bits per heavy atom. The normalized spacial score (nSPS) is 10.0. The number of para-hydroxylation sites is 1. The second kappa shape index (κ2) is 6.89. The number of amides is 2. The molecule has 1 heterocycles. The minimum Gasteiger partial charge on any atom is -0.481 e. The Hall–Kier alpha value is -2.35. The molecule has 0 aliphatic heterocycles. The Morgan fingerprint density at radius 2 is 2.05 bits per heavy atom. The lowest BCUT2D eigenvalue weighted by atomic mass is 10.3.